The maximum atomic E-state index is 4.81. The SMILES string of the molecule is ClB(Cl)Cl.[Cl-].[Cl-].[Hg+2]. The molecule has 0 aromatic rings. The van der Waals surface area contributed by atoms with Crippen molar-refractivity contribution in [2.45, 2.75) is 0 Å². The van der Waals surface area contributed by atoms with Crippen molar-refractivity contribution in [3.63, 3.8) is 0 Å². The zero-order chi connectivity index (χ0) is 3.58. The minimum Gasteiger partial charge on any atom is -1.00 e. The third kappa shape index (κ3) is 58.6. The van der Waals surface area contributed by atoms with Crippen molar-refractivity contribution in [3.8, 4) is 0 Å². The summed E-state index contributed by atoms with van der Waals surface area (Å²) in [5.74, 6) is 0. The summed E-state index contributed by atoms with van der Waals surface area (Å²) < 4.78 is 0. The summed E-state index contributed by atoms with van der Waals surface area (Å²) in [5.41, 5.74) is 0. The van der Waals surface area contributed by atoms with Crippen LogP contribution in [0.25, 0.3) is 0 Å². The van der Waals surface area contributed by atoms with Crippen LogP contribution in [0.2, 0.25) is 0 Å². The van der Waals surface area contributed by atoms with E-state index in [-0.39, 0.29) is 52.5 Å². The Morgan fingerprint density at radius 3 is 0.857 bits per heavy atom. The maximum absolute atomic E-state index is 4.81. The van der Waals surface area contributed by atoms with Crippen molar-refractivity contribution in [2.24, 2.45) is 0 Å². The van der Waals surface area contributed by atoms with Gasteiger partial charge in [-0.2, -0.15) is 34.4 Å². The predicted octanol–water partition coefficient (Wildman–Crippen LogP) is -4.31. The molecule has 0 heterocycles. The van der Waals surface area contributed by atoms with E-state index < -0.39 is 4.96 Å². The largest absolute Gasteiger partial charge is 2.00 e. The fourth-order valence-electron chi connectivity index (χ4n) is 0. The average molecular weight is 389 g/mol. The molecular formula is BCl5Hg. The summed E-state index contributed by atoms with van der Waals surface area (Å²) in [6, 6.07) is 0. The third-order valence-electron chi connectivity index (χ3n) is 0. The topological polar surface area (TPSA) is 0 Å². The van der Waals surface area contributed by atoms with Gasteiger partial charge in [0.1, 0.15) is 0 Å². The van der Waals surface area contributed by atoms with Crippen molar-refractivity contribution < 1.29 is 52.5 Å². The van der Waals surface area contributed by atoms with Gasteiger partial charge >= 0.3 is 32.6 Å². The van der Waals surface area contributed by atoms with Gasteiger partial charge < -0.3 is 24.8 Å². The molecule has 7 heteroatoms. The molecule has 0 atom stereocenters. The molecule has 0 saturated carbocycles. The number of halogens is 5. The second kappa shape index (κ2) is 15.8. The summed E-state index contributed by atoms with van der Waals surface area (Å²) >= 11 is 14.4. The summed E-state index contributed by atoms with van der Waals surface area (Å²) in [6.45, 7) is 0. The molecule has 0 unspecified atom stereocenters. The smallest absolute Gasteiger partial charge is 1.00 e. The van der Waals surface area contributed by atoms with E-state index in [9.17, 15) is 0 Å². The van der Waals surface area contributed by atoms with Crippen LogP contribution < -0.4 is 24.8 Å². The van der Waals surface area contributed by atoms with Gasteiger partial charge in [0.25, 0.3) is 0 Å². The second-order valence-electron chi connectivity index (χ2n) is 0.247. The van der Waals surface area contributed by atoms with Gasteiger partial charge in [-0.05, 0) is 0 Å². The van der Waals surface area contributed by atoms with Crippen LogP contribution in [0.4, 0.5) is 0 Å². The van der Waals surface area contributed by atoms with Crippen LogP contribution in [0.15, 0.2) is 0 Å². The molecule has 0 radical (unpaired) electrons. The molecule has 0 bridgehead atoms. The quantitative estimate of drug-likeness (QED) is 0.369. The molecule has 0 spiro atoms. The standard InChI is InChI=1S/BCl3.2ClH.Hg/c2-1(3)4;;;/h;2*1H;/q;;;+2/p-2. The molecule has 0 amide bonds. The maximum Gasteiger partial charge on any atom is 2.00 e. The normalized spacial score (nSPS) is 3.86. The van der Waals surface area contributed by atoms with E-state index in [4.69, 9.17) is 34.4 Å². The van der Waals surface area contributed by atoms with Crippen LogP contribution in [0, 0.1) is 0 Å². The van der Waals surface area contributed by atoms with E-state index in [1.807, 2.05) is 0 Å². The van der Waals surface area contributed by atoms with E-state index >= 15 is 0 Å². The molecule has 40 valence electrons. The zero-order valence-corrected chi connectivity index (χ0v) is 12.5. The Kier molecular flexibility index (Phi) is 51.2. The van der Waals surface area contributed by atoms with Gasteiger partial charge in [-0.25, -0.2) is 0 Å². The molecule has 0 nitrogen and oxygen atoms in total. The van der Waals surface area contributed by atoms with Gasteiger partial charge in [-0.3, -0.25) is 0 Å². The van der Waals surface area contributed by atoms with Crippen molar-refractivity contribution in [3.05, 3.63) is 0 Å². The second-order valence-corrected chi connectivity index (χ2v) is 2.23. The molecule has 0 aliphatic heterocycles. The first-order valence-corrected chi connectivity index (χ1v) is 1.96. The van der Waals surface area contributed by atoms with E-state index in [1.165, 1.54) is 0 Å². The Hall–Kier alpha value is 2.45. The summed E-state index contributed by atoms with van der Waals surface area (Å²) in [7, 11) is 0. The first-order chi connectivity index (χ1) is 1.73. The van der Waals surface area contributed by atoms with Crippen LogP contribution in [0.5, 0.6) is 0 Å². The molecule has 0 fully saturated rings. The van der Waals surface area contributed by atoms with E-state index in [1.54, 1.807) is 0 Å². The predicted molar refractivity (Wildman–Crippen MR) is 23.3 cm³/mol. The van der Waals surface area contributed by atoms with Crippen molar-refractivity contribution in [1.29, 1.82) is 0 Å². The summed E-state index contributed by atoms with van der Waals surface area (Å²) in [5, 5.41) is 0. The molecule has 0 saturated heterocycles. The zero-order valence-electron chi connectivity index (χ0n) is 3.17. The fraction of sp³-hybridized carbons (Fsp3) is 0. The van der Waals surface area contributed by atoms with Crippen molar-refractivity contribution >= 4 is 39.3 Å². The number of hydrogen-bond donors (Lipinski definition) is 0. The molecular weight excluding hydrogens is 389 g/mol. The van der Waals surface area contributed by atoms with Gasteiger partial charge in [-0.1, -0.05) is 0 Å². The number of rotatable bonds is 0. The van der Waals surface area contributed by atoms with Gasteiger partial charge in [-0.15, -0.1) is 0 Å². The Morgan fingerprint density at radius 2 is 0.857 bits per heavy atom. The molecule has 0 N–H and O–H groups in total. The van der Waals surface area contributed by atoms with Crippen molar-refractivity contribution in [2.75, 3.05) is 0 Å². The Bertz CT molecular complexity index is 12.8. The first kappa shape index (κ1) is 22.7. The Morgan fingerprint density at radius 1 is 0.857 bits per heavy atom. The van der Waals surface area contributed by atoms with Gasteiger partial charge in [0.2, 0.25) is 0 Å². The average Bonchev–Trinajstić information content (AvgIpc) is 0.811. The van der Waals surface area contributed by atoms with Gasteiger partial charge in [0.15, 0.2) is 0 Å². The Labute approximate surface area is 90.8 Å². The number of hydrogen-bond acceptors (Lipinski definition) is 0. The van der Waals surface area contributed by atoms with Crippen molar-refractivity contribution in [1.82, 2.24) is 0 Å². The monoisotopic (exact) mass is 388 g/mol. The molecule has 0 aromatic carbocycles. The van der Waals surface area contributed by atoms with Crippen LogP contribution >= 0.6 is 34.4 Å². The van der Waals surface area contributed by atoms with Crippen LogP contribution in [-0.2, 0) is 27.7 Å². The van der Waals surface area contributed by atoms with E-state index in [0.29, 0.717) is 0 Å². The molecule has 0 rings (SSSR count). The minimum absolute atomic E-state index is 0. The fourth-order valence-corrected chi connectivity index (χ4v) is 0. The molecule has 0 aliphatic rings. The summed E-state index contributed by atoms with van der Waals surface area (Å²) in [4.78, 5) is -0.750. The Balaban J connectivity index is -0.0000000150. The van der Waals surface area contributed by atoms with Crippen LogP contribution in [-0.4, -0.2) is 4.96 Å². The third-order valence-corrected chi connectivity index (χ3v) is 0. The molecule has 0 aromatic heterocycles. The van der Waals surface area contributed by atoms with Gasteiger partial charge in [0, 0.05) is 0 Å². The van der Waals surface area contributed by atoms with Crippen LogP contribution in [0.1, 0.15) is 0 Å². The summed E-state index contributed by atoms with van der Waals surface area (Å²) in [6.07, 6.45) is 0. The first-order valence-electron chi connectivity index (χ1n) is 0.655. The minimum atomic E-state index is -0.750. The molecule has 7 heavy (non-hydrogen) atoms. The molecule has 0 aliphatic carbocycles. The van der Waals surface area contributed by atoms with Gasteiger partial charge in [0.05, 0.1) is 0 Å². The van der Waals surface area contributed by atoms with E-state index in [0.717, 1.165) is 0 Å². The van der Waals surface area contributed by atoms with Crippen LogP contribution in [0.3, 0.4) is 0 Å². The van der Waals surface area contributed by atoms with E-state index in [2.05, 4.69) is 0 Å².